The van der Waals surface area contributed by atoms with Crippen LogP contribution in [-0.4, -0.2) is 36.1 Å². The monoisotopic (exact) mass is 400 g/mol. The zero-order chi connectivity index (χ0) is 13.9. The van der Waals surface area contributed by atoms with Crippen molar-refractivity contribution in [2.75, 3.05) is 36.0 Å². The molecule has 0 atom stereocenters. The van der Waals surface area contributed by atoms with Gasteiger partial charge in [-0.05, 0) is 40.8 Å². The fourth-order valence-corrected chi connectivity index (χ4v) is 2.77. The van der Waals surface area contributed by atoms with Gasteiger partial charge < -0.3 is 9.80 Å². The van der Waals surface area contributed by atoms with Crippen molar-refractivity contribution in [3.8, 4) is 0 Å². The van der Waals surface area contributed by atoms with Gasteiger partial charge in [-0.3, -0.25) is 0 Å². The molecule has 104 valence electrons. The average Bonchev–Trinajstić information content (AvgIpc) is 2.48. The van der Waals surface area contributed by atoms with Crippen LogP contribution in [-0.2, 0) is 0 Å². The first kappa shape index (κ1) is 13.9. The molecule has 0 N–H and O–H groups in total. The SMILES string of the molecule is Clc1cccc(N2CCN(c3ncc(I)cn3)CC2)c1. The Hall–Kier alpha value is -1.08. The fourth-order valence-electron chi connectivity index (χ4n) is 2.31. The summed E-state index contributed by atoms with van der Waals surface area (Å²) >= 11 is 8.26. The lowest BCUT2D eigenvalue weighted by Crippen LogP contribution is -2.47. The Bertz CT molecular complexity index is 582. The van der Waals surface area contributed by atoms with Gasteiger partial charge in [0.15, 0.2) is 0 Å². The van der Waals surface area contributed by atoms with E-state index in [1.54, 1.807) is 0 Å². The Labute approximate surface area is 136 Å². The van der Waals surface area contributed by atoms with E-state index in [0.29, 0.717) is 0 Å². The maximum absolute atomic E-state index is 6.05. The molecule has 6 heteroatoms. The van der Waals surface area contributed by atoms with E-state index >= 15 is 0 Å². The van der Waals surface area contributed by atoms with Crippen LogP contribution in [0.1, 0.15) is 0 Å². The highest BCUT2D eigenvalue weighted by Gasteiger charge is 2.19. The first-order valence-electron chi connectivity index (χ1n) is 6.45. The van der Waals surface area contributed by atoms with Crippen LogP contribution in [0.2, 0.25) is 5.02 Å². The molecule has 1 aliphatic heterocycles. The van der Waals surface area contributed by atoms with E-state index in [-0.39, 0.29) is 0 Å². The quantitative estimate of drug-likeness (QED) is 0.725. The molecule has 0 radical (unpaired) electrons. The van der Waals surface area contributed by atoms with E-state index in [0.717, 1.165) is 40.7 Å². The number of piperazine rings is 1. The van der Waals surface area contributed by atoms with Crippen molar-refractivity contribution >= 4 is 45.8 Å². The molecule has 2 heterocycles. The van der Waals surface area contributed by atoms with Gasteiger partial charge in [0.1, 0.15) is 0 Å². The van der Waals surface area contributed by atoms with Gasteiger partial charge in [-0.25, -0.2) is 9.97 Å². The molecular weight excluding hydrogens is 387 g/mol. The number of aromatic nitrogens is 2. The molecule has 0 unspecified atom stereocenters. The Kier molecular flexibility index (Phi) is 4.26. The van der Waals surface area contributed by atoms with E-state index in [4.69, 9.17) is 11.6 Å². The van der Waals surface area contributed by atoms with E-state index < -0.39 is 0 Å². The zero-order valence-electron chi connectivity index (χ0n) is 10.8. The van der Waals surface area contributed by atoms with Gasteiger partial charge in [-0.1, -0.05) is 17.7 Å². The molecule has 1 aliphatic rings. The van der Waals surface area contributed by atoms with Gasteiger partial charge in [0.25, 0.3) is 0 Å². The largest absolute Gasteiger partial charge is 0.368 e. The third kappa shape index (κ3) is 3.15. The van der Waals surface area contributed by atoms with Crippen LogP contribution in [0.25, 0.3) is 0 Å². The van der Waals surface area contributed by atoms with Gasteiger partial charge in [0.2, 0.25) is 5.95 Å². The minimum Gasteiger partial charge on any atom is -0.368 e. The smallest absolute Gasteiger partial charge is 0.225 e. The van der Waals surface area contributed by atoms with Crippen molar-refractivity contribution < 1.29 is 0 Å². The highest BCUT2D eigenvalue weighted by molar-refractivity contribution is 14.1. The summed E-state index contributed by atoms with van der Waals surface area (Å²) in [5.41, 5.74) is 1.18. The lowest BCUT2D eigenvalue weighted by atomic mass is 10.2. The minimum absolute atomic E-state index is 0.783. The number of hydrogen-bond donors (Lipinski definition) is 0. The number of anilines is 2. The molecule has 1 aromatic carbocycles. The lowest BCUT2D eigenvalue weighted by Gasteiger charge is -2.36. The van der Waals surface area contributed by atoms with Crippen molar-refractivity contribution in [1.82, 2.24) is 9.97 Å². The van der Waals surface area contributed by atoms with Crippen molar-refractivity contribution in [1.29, 1.82) is 0 Å². The predicted octanol–water partition coefficient (Wildman–Crippen LogP) is 3.06. The molecule has 0 spiro atoms. The standard InChI is InChI=1S/C14H14ClIN4/c15-11-2-1-3-13(8-11)19-4-6-20(7-5-19)14-17-9-12(16)10-18-14/h1-3,8-10H,4-7H2. The van der Waals surface area contributed by atoms with Crippen LogP contribution in [0.5, 0.6) is 0 Å². The molecule has 20 heavy (non-hydrogen) atoms. The highest BCUT2D eigenvalue weighted by Crippen LogP contribution is 2.21. The summed E-state index contributed by atoms with van der Waals surface area (Å²) in [6.07, 6.45) is 3.71. The maximum atomic E-state index is 6.05. The topological polar surface area (TPSA) is 32.3 Å². The summed E-state index contributed by atoms with van der Waals surface area (Å²) < 4.78 is 1.06. The van der Waals surface area contributed by atoms with Crippen LogP contribution in [0.15, 0.2) is 36.7 Å². The van der Waals surface area contributed by atoms with Crippen molar-refractivity contribution in [2.24, 2.45) is 0 Å². The highest BCUT2D eigenvalue weighted by atomic mass is 127. The second-order valence-electron chi connectivity index (χ2n) is 4.66. The molecule has 1 aromatic heterocycles. The molecular formula is C14H14ClIN4. The average molecular weight is 401 g/mol. The fraction of sp³-hybridized carbons (Fsp3) is 0.286. The summed E-state index contributed by atoms with van der Waals surface area (Å²) in [7, 11) is 0. The van der Waals surface area contributed by atoms with Crippen LogP contribution >= 0.6 is 34.2 Å². The molecule has 0 saturated carbocycles. The molecule has 0 bridgehead atoms. The second-order valence-corrected chi connectivity index (χ2v) is 6.34. The summed E-state index contributed by atoms with van der Waals surface area (Å²) in [5, 5.41) is 0.783. The van der Waals surface area contributed by atoms with Crippen molar-refractivity contribution in [3.05, 3.63) is 45.3 Å². The molecule has 0 amide bonds. The molecule has 1 saturated heterocycles. The summed E-state index contributed by atoms with van der Waals surface area (Å²) in [4.78, 5) is 13.3. The number of benzene rings is 1. The van der Waals surface area contributed by atoms with E-state index in [1.807, 2.05) is 30.6 Å². The van der Waals surface area contributed by atoms with Crippen molar-refractivity contribution in [2.45, 2.75) is 0 Å². The Morgan fingerprint density at radius 2 is 1.65 bits per heavy atom. The number of hydrogen-bond acceptors (Lipinski definition) is 4. The third-order valence-electron chi connectivity index (χ3n) is 3.34. The van der Waals surface area contributed by atoms with E-state index in [1.165, 1.54) is 5.69 Å². The second kappa shape index (κ2) is 6.13. The Morgan fingerprint density at radius 1 is 1.00 bits per heavy atom. The van der Waals surface area contributed by atoms with Gasteiger partial charge in [-0.15, -0.1) is 0 Å². The number of rotatable bonds is 2. The molecule has 1 fully saturated rings. The third-order valence-corrected chi connectivity index (χ3v) is 4.13. The normalized spacial score (nSPS) is 15.5. The van der Waals surface area contributed by atoms with E-state index in [2.05, 4.69) is 48.4 Å². The minimum atomic E-state index is 0.783. The first-order chi connectivity index (χ1) is 9.72. The number of halogens is 2. The maximum Gasteiger partial charge on any atom is 0.225 e. The first-order valence-corrected chi connectivity index (χ1v) is 7.91. The van der Waals surface area contributed by atoms with E-state index in [9.17, 15) is 0 Å². The zero-order valence-corrected chi connectivity index (χ0v) is 13.8. The van der Waals surface area contributed by atoms with Crippen molar-refractivity contribution in [3.63, 3.8) is 0 Å². The van der Waals surface area contributed by atoms with Crippen LogP contribution in [0.3, 0.4) is 0 Å². The predicted molar refractivity (Wildman–Crippen MR) is 90.6 cm³/mol. The summed E-state index contributed by atoms with van der Waals surface area (Å²) in [6, 6.07) is 8.01. The van der Waals surface area contributed by atoms with Gasteiger partial charge >= 0.3 is 0 Å². The molecule has 2 aromatic rings. The van der Waals surface area contributed by atoms with Gasteiger partial charge in [-0.2, -0.15) is 0 Å². The summed E-state index contributed by atoms with van der Waals surface area (Å²) in [5.74, 6) is 0.816. The Balaban J connectivity index is 1.66. The van der Waals surface area contributed by atoms with Crippen LogP contribution < -0.4 is 9.80 Å². The van der Waals surface area contributed by atoms with Crippen LogP contribution in [0.4, 0.5) is 11.6 Å². The Morgan fingerprint density at radius 3 is 2.30 bits per heavy atom. The van der Waals surface area contributed by atoms with Gasteiger partial charge in [0, 0.05) is 52.9 Å². The molecule has 4 nitrogen and oxygen atoms in total. The molecule has 0 aliphatic carbocycles. The molecule has 3 rings (SSSR count). The summed E-state index contributed by atoms with van der Waals surface area (Å²) in [6.45, 7) is 3.76. The number of nitrogens with zero attached hydrogens (tertiary/aromatic N) is 4. The van der Waals surface area contributed by atoms with Crippen LogP contribution in [0, 0.1) is 3.57 Å². The van der Waals surface area contributed by atoms with Gasteiger partial charge in [0.05, 0.1) is 0 Å². The lowest BCUT2D eigenvalue weighted by molar-refractivity contribution is 0.640.